The lowest BCUT2D eigenvalue weighted by Gasteiger charge is -2.32. The van der Waals surface area contributed by atoms with Crippen molar-refractivity contribution in [1.29, 1.82) is 0 Å². The average molecular weight is 344 g/mol. The van der Waals surface area contributed by atoms with Crippen LogP contribution >= 0.6 is 0 Å². The van der Waals surface area contributed by atoms with Crippen LogP contribution in [0.1, 0.15) is 31.5 Å². The first-order valence-electron chi connectivity index (χ1n) is 8.63. The Labute approximate surface area is 149 Å². The van der Waals surface area contributed by atoms with Gasteiger partial charge in [-0.25, -0.2) is 4.98 Å². The molecule has 1 heterocycles. The number of hydrogen-bond acceptors (Lipinski definition) is 4. The van der Waals surface area contributed by atoms with Crippen LogP contribution in [0.5, 0.6) is 5.75 Å². The van der Waals surface area contributed by atoms with Gasteiger partial charge in [-0.15, -0.1) is 0 Å². The molecule has 0 radical (unpaired) electrons. The molecule has 6 heteroatoms. The van der Waals surface area contributed by atoms with Gasteiger partial charge in [0.05, 0.1) is 19.0 Å². The van der Waals surface area contributed by atoms with Crippen LogP contribution in [0.15, 0.2) is 36.8 Å². The predicted molar refractivity (Wildman–Crippen MR) is 98.4 cm³/mol. The third kappa shape index (κ3) is 5.06. The van der Waals surface area contributed by atoms with Crippen molar-refractivity contribution in [3.63, 3.8) is 0 Å². The van der Waals surface area contributed by atoms with Crippen LogP contribution in [0.2, 0.25) is 0 Å². The third-order valence-corrected chi connectivity index (χ3v) is 4.65. The number of hydrogen-bond donors (Lipinski definition) is 3. The fraction of sp³-hybridized carbons (Fsp3) is 0.474. The van der Waals surface area contributed by atoms with Crippen molar-refractivity contribution in [1.82, 2.24) is 15.3 Å². The molecule has 0 unspecified atom stereocenters. The first-order chi connectivity index (χ1) is 12.0. The van der Waals surface area contributed by atoms with E-state index in [0.29, 0.717) is 19.4 Å². The highest BCUT2D eigenvalue weighted by Gasteiger charge is 2.36. The van der Waals surface area contributed by atoms with Crippen LogP contribution in [0.4, 0.5) is 0 Å². The number of nitrogens with one attached hydrogen (secondary N) is 2. The van der Waals surface area contributed by atoms with Gasteiger partial charge in [-0.2, -0.15) is 0 Å². The second-order valence-corrected chi connectivity index (χ2v) is 6.63. The Hall–Kier alpha value is -2.34. The highest BCUT2D eigenvalue weighted by atomic mass is 16.5. The quantitative estimate of drug-likeness (QED) is 0.649. The highest BCUT2D eigenvalue weighted by Crippen LogP contribution is 2.21. The number of aromatic nitrogens is 2. The molecule has 0 aliphatic carbocycles. The van der Waals surface area contributed by atoms with E-state index < -0.39 is 5.54 Å². The smallest absolute Gasteiger partial charge is 0.240 e. The molecule has 2 rings (SSSR count). The van der Waals surface area contributed by atoms with E-state index >= 15 is 0 Å². The van der Waals surface area contributed by atoms with E-state index in [9.17, 15) is 4.79 Å². The zero-order valence-corrected chi connectivity index (χ0v) is 15.2. The number of imidazole rings is 1. The Bertz CT molecular complexity index is 670. The van der Waals surface area contributed by atoms with Crippen molar-refractivity contribution in [2.24, 2.45) is 11.7 Å². The van der Waals surface area contributed by atoms with E-state index in [1.165, 1.54) is 0 Å². The number of aromatic amines is 1. The molecular formula is C19H28N4O2. The molecule has 0 bridgehead atoms. The van der Waals surface area contributed by atoms with Gasteiger partial charge >= 0.3 is 0 Å². The number of rotatable bonds is 9. The molecule has 0 fully saturated rings. The molecule has 6 nitrogen and oxygen atoms in total. The van der Waals surface area contributed by atoms with Gasteiger partial charge in [-0.1, -0.05) is 26.0 Å². The zero-order valence-electron chi connectivity index (χ0n) is 15.2. The van der Waals surface area contributed by atoms with Crippen LogP contribution in [-0.4, -0.2) is 35.1 Å². The molecule has 0 aliphatic heterocycles. The van der Waals surface area contributed by atoms with Crippen molar-refractivity contribution in [3.8, 4) is 5.75 Å². The minimum Gasteiger partial charge on any atom is -0.497 e. The summed E-state index contributed by atoms with van der Waals surface area (Å²) in [6.45, 7) is 4.50. The fourth-order valence-corrected chi connectivity index (χ4v) is 2.74. The summed E-state index contributed by atoms with van der Waals surface area (Å²) in [5.41, 5.74) is 7.66. The minimum atomic E-state index is -0.903. The van der Waals surface area contributed by atoms with E-state index in [1.54, 1.807) is 19.6 Å². The van der Waals surface area contributed by atoms with Gasteiger partial charge in [0.15, 0.2) is 0 Å². The number of ether oxygens (including phenoxy) is 1. The van der Waals surface area contributed by atoms with Crippen molar-refractivity contribution in [2.75, 3.05) is 13.7 Å². The molecule has 1 aromatic carbocycles. The minimum absolute atomic E-state index is 0.0345. The second-order valence-electron chi connectivity index (χ2n) is 6.63. The van der Waals surface area contributed by atoms with Gasteiger partial charge < -0.3 is 20.8 Å². The maximum Gasteiger partial charge on any atom is 0.240 e. The number of nitrogens with zero attached hydrogens (tertiary/aromatic N) is 1. The number of carbonyl (C=O) groups is 1. The average Bonchev–Trinajstić information content (AvgIpc) is 3.13. The van der Waals surface area contributed by atoms with E-state index in [-0.39, 0.29) is 11.8 Å². The van der Waals surface area contributed by atoms with Crippen molar-refractivity contribution < 1.29 is 9.53 Å². The summed E-state index contributed by atoms with van der Waals surface area (Å²) in [5.74, 6) is 0.746. The molecule has 0 saturated heterocycles. The largest absolute Gasteiger partial charge is 0.497 e. The topological polar surface area (TPSA) is 93.0 Å². The molecule has 1 atom stereocenters. The van der Waals surface area contributed by atoms with Gasteiger partial charge in [-0.3, -0.25) is 4.79 Å². The van der Waals surface area contributed by atoms with Gasteiger partial charge in [0.25, 0.3) is 0 Å². The monoisotopic (exact) mass is 344 g/mol. The van der Waals surface area contributed by atoms with Crippen LogP contribution in [-0.2, 0) is 17.6 Å². The molecule has 0 aliphatic rings. The Morgan fingerprint density at radius 1 is 1.40 bits per heavy atom. The summed E-state index contributed by atoms with van der Waals surface area (Å²) in [7, 11) is 1.64. The second kappa shape index (κ2) is 8.67. The van der Waals surface area contributed by atoms with Gasteiger partial charge in [0.2, 0.25) is 5.91 Å². The number of nitrogens with two attached hydrogens (primary N) is 1. The zero-order chi connectivity index (χ0) is 18.3. The van der Waals surface area contributed by atoms with E-state index in [4.69, 9.17) is 10.5 Å². The standard InChI is InChI=1S/C19H28N4O2/c1-14(2)19(20,9-7-16-12-21-13-23-16)18(24)22-10-8-15-5-4-6-17(11-15)25-3/h4-6,11-14H,7-10,20H2,1-3H3,(H,21,23)(H,22,24)/t19-/m0/s1. The molecule has 25 heavy (non-hydrogen) atoms. The van der Waals surface area contributed by atoms with Crippen molar-refractivity contribution in [3.05, 3.63) is 48.0 Å². The lowest BCUT2D eigenvalue weighted by Crippen LogP contribution is -2.58. The third-order valence-electron chi connectivity index (χ3n) is 4.65. The van der Waals surface area contributed by atoms with Crippen LogP contribution in [0, 0.1) is 5.92 Å². The fourth-order valence-electron chi connectivity index (χ4n) is 2.74. The summed E-state index contributed by atoms with van der Waals surface area (Å²) in [5, 5.41) is 2.99. The summed E-state index contributed by atoms with van der Waals surface area (Å²) >= 11 is 0. The van der Waals surface area contributed by atoms with E-state index in [0.717, 1.165) is 23.4 Å². The molecule has 0 saturated carbocycles. The number of amides is 1. The molecule has 0 spiro atoms. The molecule has 4 N–H and O–H groups in total. The van der Waals surface area contributed by atoms with Crippen molar-refractivity contribution in [2.45, 2.75) is 38.6 Å². The number of methoxy groups -OCH3 is 1. The first-order valence-corrected chi connectivity index (χ1v) is 8.63. The Morgan fingerprint density at radius 3 is 2.84 bits per heavy atom. The van der Waals surface area contributed by atoms with Crippen LogP contribution < -0.4 is 15.8 Å². The van der Waals surface area contributed by atoms with E-state index in [2.05, 4.69) is 15.3 Å². The predicted octanol–water partition coefficient (Wildman–Crippen LogP) is 2.06. The molecule has 136 valence electrons. The Balaban J connectivity index is 1.90. The normalized spacial score (nSPS) is 13.5. The molecule has 1 amide bonds. The summed E-state index contributed by atoms with van der Waals surface area (Å²) in [6, 6.07) is 7.84. The summed E-state index contributed by atoms with van der Waals surface area (Å²) in [6.07, 6.45) is 5.39. The summed E-state index contributed by atoms with van der Waals surface area (Å²) < 4.78 is 5.22. The number of aryl methyl sites for hydroxylation is 1. The van der Waals surface area contributed by atoms with Crippen molar-refractivity contribution >= 4 is 5.91 Å². The van der Waals surface area contributed by atoms with Gasteiger partial charge in [0, 0.05) is 18.4 Å². The number of H-pyrrole nitrogens is 1. The number of carbonyl (C=O) groups excluding carboxylic acids is 1. The Kier molecular flexibility index (Phi) is 6.58. The SMILES string of the molecule is COc1cccc(CCNC(=O)[C@](N)(CCc2cnc[nH]2)C(C)C)c1. The van der Waals surface area contributed by atoms with Gasteiger partial charge in [0.1, 0.15) is 5.75 Å². The molecule has 1 aromatic heterocycles. The number of benzene rings is 1. The first kappa shape index (κ1) is 19.0. The van der Waals surface area contributed by atoms with Gasteiger partial charge in [-0.05, 0) is 42.9 Å². The summed E-state index contributed by atoms with van der Waals surface area (Å²) in [4.78, 5) is 19.7. The van der Waals surface area contributed by atoms with Crippen LogP contribution in [0.3, 0.4) is 0 Å². The highest BCUT2D eigenvalue weighted by molar-refractivity contribution is 5.86. The lowest BCUT2D eigenvalue weighted by atomic mass is 9.82. The van der Waals surface area contributed by atoms with Crippen LogP contribution in [0.25, 0.3) is 0 Å². The Morgan fingerprint density at radius 2 is 2.20 bits per heavy atom. The maximum absolute atomic E-state index is 12.7. The maximum atomic E-state index is 12.7. The van der Waals surface area contributed by atoms with E-state index in [1.807, 2.05) is 38.1 Å². The lowest BCUT2D eigenvalue weighted by molar-refractivity contribution is -0.128. The molecule has 2 aromatic rings. The molecular weight excluding hydrogens is 316 g/mol.